The van der Waals surface area contributed by atoms with Crippen molar-refractivity contribution in [1.82, 2.24) is 10.2 Å². The van der Waals surface area contributed by atoms with Crippen LogP contribution in [-0.2, 0) is 11.3 Å². The van der Waals surface area contributed by atoms with Gasteiger partial charge in [0.25, 0.3) is 0 Å². The molecule has 0 spiro atoms. The number of oxime groups is 1. The Hall–Kier alpha value is -1.94. The molecule has 0 aliphatic heterocycles. The lowest BCUT2D eigenvalue weighted by molar-refractivity contribution is 0.212. The van der Waals surface area contributed by atoms with Crippen LogP contribution in [0.1, 0.15) is 30.2 Å². The van der Waals surface area contributed by atoms with Gasteiger partial charge in [-0.15, -0.1) is 0 Å². The SMILES string of the molecule is CON=C1CC(C)Cc2nnc(-c3ccc(Cl)c(C)c3)cc21. The number of aryl methyl sites for hydroxylation is 1. The normalized spacial score (nSPS) is 19.1. The smallest absolute Gasteiger partial charge is 0.106 e. The first kappa shape index (κ1) is 15.0. The van der Waals surface area contributed by atoms with E-state index in [-0.39, 0.29) is 0 Å². The molecule has 1 atom stereocenters. The summed E-state index contributed by atoms with van der Waals surface area (Å²) in [6, 6.07) is 7.93. The first-order valence-corrected chi connectivity index (χ1v) is 7.69. The molecule has 114 valence electrons. The molecule has 1 aromatic carbocycles. The van der Waals surface area contributed by atoms with Crippen molar-refractivity contribution in [2.75, 3.05) is 7.11 Å². The molecule has 1 aliphatic carbocycles. The molecule has 0 N–H and O–H groups in total. The van der Waals surface area contributed by atoms with Crippen molar-refractivity contribution in [1.29, 1.82) is 0 Å². The van der Waals surface area contributed by atoms with Gasteiger partial charge < -0.3 is 4.84 Å². The van der Waals surface area contributed by atoms with E-state index in [1.165, 1.54) is 0 Å². The maximum atomic E-state index is 6.09. The minimum atomic E-state index is 0.499. The van der Waals surface area contributed by atoms with Gasteiger partial charge in [-0.1, -0.05) is 29.7 Å². The summed E-state index contributed by atoms with van der Waals surface area (Å²) in [5.74, 6) is 0.499. The van der Waals surface area contributed by atoms with Crippen molar-refractivity contribution < 1.29 is 4.84 Å². The summed E-state index contributed by atoms with van der Waals surface area (Å²) in [5.41, 5.74) is 5.84. The van der Waals surface area contributed by atoms with Crippen molar-refractivity contribution in [2.24, 2.45) is 11.1 Å². The fourth-order valence-electron chi connectivity index (χ4n) is 2.80. The molecule has 0 fully saturated rings. The molecule has 0 amide bonds. The third kappa shape index (κ3) is 2.83. The zero-order valence-electron chi connectivity index (χ0n) is 12.9. The van der Waals surface area contributed by atoms with E-state index in [2.05, 4.69) is 28.3 Å². The van der Waals surface area contributed by atoms with Crippen molar-refractivity contribution >= 4 is 17.3 Å². The van der Waals surface area contributed by atoms with E-state index in [1.54, 1.807) is 7.11 Å². The Morgan fingerprint density at radius 1 is 1.23 bits per heavy atom. The van der Waals surface area contributed by atoms with Crippen LogP contribution in [-0.4, -0.2) is 23.0 Å². The zero-order valence-corrected chi connectivity index (χ0v) is 13.7. The molecule has 1 heterocycles. The summed E-state index contributed by atoms with van der Waals surface area (Å²) in [6.07, 6.45) is 1.82. The van der Waals surface area contributed by atoms with Gasteiger partial charge in [-0.05, 0) is 49.4 Å². The van der Waals surface area contributed by atoms with Gasteiger partial charge in [-0.3, -0.25) is 0 Å². The van der Waals surface area contributed by atoms with E-state index >= 15 is 0 Å². The lowest BCUT2D eigenvalue weighted by Crippen LogP contribution is -2.21. The van der Waals surface area contributed by atoms with Crippen LogP contribution < -0.4 is 0 Å². The second-order valence-corrected chi connectivity index (χ2v) is 6.20. The molecule has 1 unspecified atom stereocenters. The molecule has 0 saturated carbocycles. The summed E-state index contributed by atoms with van der Waals surface area (Å²) < 4.78 is 0. The van der Waals surface area contributed by atoms with Gasteiger partial charge >= 0.3 is 0 Å². The van der Waals surface area contributed by atoms with E-state index in [0.29, 0.717) is 5.92 Å². The molecule has 4 nitrogen and oxygen atoms in total. The van der Waals surface area contributed by atoms with Gasteiger partial charge in [-0.25, -0.2) is 0 Å². The fourth-order valence-corrected chi connectivity index (χ4v) is 2.92. The Kier molecular flexibility index (Phi) is 4.12. The number of aromatic nitrogens is 2. The largest absolute Gasteiger partial charge is 0.399 e. The molecule has 5 heteroatoms. The van der Waals surface area contributed by atoms with E-state index < -0.39 is 0 Å². The highest BCUT2D eigenvalue weighted by atomic mass is 35.5. The number of hydrogen-bond acceptors (Lipinski definition) is 4. The molecule has 22 heavy (non-hydrogen) atoms. The standard InChI is InChI=1S/C17H18ClN3O/c1-10-6-16-13(17(7-10)21-22-3)9-15(19-20-16)12-4-5-14(18)11(2)8-12/h4-5,8-10H,6-7H2,1-3H3. The molecular formula is C17H18ClN3O. The Bertz CT molecular complexity index is 743. The average molecular weight is 316 g/mol. The second-order valence-electron chi connectivity index (χ2n) is 5.79. The van der Waals surface area contributed by atoms with Gasteiger partial charge in [0.05, 0.1) is 17.1 Å². The van der Waals surface area contributed by atoms with Crippen LogP contribution in [0.15, 0.2) is 29.4 Å². The highest BCUT2D eigenvalue weighted by molar-refractivity contribution is 6.31. The molecular weight excluding hydrogens is 298 g/mol. The minimum absolute atomic E-state index is 0.499. The third-order valence-electron chi connectivity index (χ3n) is 3.92. The third-order valence-corrected chi connectivity index (χ3v) is 4.34. The summed E-state index contributed by atoms with van der Waals surface area (Å²) in [5, 5.41) is 13.7. The number of rotatable bonds is 2. The van der Waals surface area contributed by atoms with Crippen LogP contribution in [0.2, 0.25) is 5.02 Å². The first-order valence-electron chi connectivity index (χ1n) is 7.32. The number of fused-ring (bicyclic) bond motifs is 1. The van der Waals surface area contributed by atoms with Crippen LogP contribution in [0.3, 0.4) is 0 Å². The van der Waals surface area contributed by atoms with Crippen molar-refractivity contribution in [2.45, 2.75) is 26.7 Å². The second kappa shape index (κ2) is 6.05. The van der Waals surface area contributed by atoms with Gasteiger partial charge in [0, 0.05) is 16.1 Å². The summed E-state index contributed by atoms with van der Waals surface area (Å²) in [7, 11) is 1.57. The fraction of sp³-hybridized carbons (Fsp3) is 0.353. The average Bonchev–Trinajstić information content (AvgIpc) is 2.50. The molecule has 1 aromatic heterocycles. The van der Waals surface area contributed by atoms with E-state index in [9.17, 15) is 0 Å². The summed E-state index contributed by atoms with van der Waals surface area (Å²) in [6.45, 7) is 4.17. The monoisotopic (exact) mass is 315 g/mol. The lowest BCUT2D eigenvalue weighted by atomic mass is 9.86. The Labute approximate surface area is 135 Å². The van der Waals surface area contributed by atoms with Gasteiger partial charge in [0.1, 0.15) is 7.11 Å². The molecule has 3 rings (SSSR count). The van der Waals surface area contributed by atoms with E-state index in [0.717, 1.165) is 51.7 Å². The van der Waals surface area contributed by atoms with Crippen LogP contribution in [0, 0.1) is 12.8 Å². The highest BCUT2D eigenvalue weighted by Crippen LogP contribution is 2.28. The predicted molar refractivity (Wildman–Crippen MR) is 88.2 cm³/mol. The van der Waals surface area contributed by atoms with Gasteiger partial charge in [0.2, 0.25) is 0 Å². The molecule has 0 radical (unpaired) electrons. The Balaban J connectivity index is 2.07. The maximum absolute atomic E-state index is 6.09. The number of halogens is 1. The van der Waals surface area contributed by atoms with Crippen LogP contribution in [0.4, 0.5) is 0 Å². The van der Waals surface area contributed by atoms with E-state index in [1.807, 2.05) is 25.1 Å². The highest BCUT2D eigenvalue weighted by Gasteiger charge is 2.24. The quantitative estimate of drug-likeness (QED) is 0.786. The molecule has 0 bridgehead atoms. The zero-order chi connectivity index (χ0) is 15.7. The van der Waals surface area contributed by atoms with Crippen molar-refractivity contribution in [3.63, 3.8) is 0 Å². The molecule has 0 saturated heterocycles. The van der Waals surface area contributed by atoms with Crippen molar-refractivity contribution in [3.05, 3.63) is 46.1 Å². The van der Waals surface area contributed by atoms with Crippen LogP contribution >= 0.6 is 11.6 Å². The topological polar surface area (TPSA) is 47.4 Å². The maximum Gasteiger partial charge on any atom is 0.106 e. The van der Waals surface area contributed by atoms with Crippen LogP contribution in [0.25, 0.3) is 11.3 Å². The Morgan fingerprint density at radius 3 is 2.77 bits per heavy atom. The molecule has 2 aromatic rings. The lowest BCUT2D eigenvalue weighted by Gasteiger charge is -2.21. The number of nitrogens with zero attached hydrogens (tertiary/aromatic N) is 3. The van der Waals surface area contributed by atoms with Crippen LogP contribution in [0.5, 0.6) is 0 Å². The number of hydrogen-bond donors (Lipinski definition) is 0. The van der Waals surface area contributed by atoms with Gasteiger partial charge in [-0.2, -0.15) is 10.2 Å². The number of benzene rings is 1. The Morgan fingerprint density at radius 2 is 2.05 bits per heavy atom. The summed E-state index contributed by atoms with van der Waals surface area (Å²) >= 11 is 6.09. The summed E-state index contributed by atoms with van der Waals surface area (Å²) in [4.78, 5) is 4.99. The van der Waals surface area contributed by atoms with Crippen molar-refractivity contribution in [3.8, 4) is 11.3 Å². The van der Waals surface area contributed by atoms with Gasteiger partial charge in [0.15, 0.2) is 0 Å². The predicted octanol–water partition coefficient (Wildman–Crippen LogP) is 4.04. The first-order chi connectivity index (χ1) is 10.6. The molecule has 1 aliphatic rings. The minimum Gasteiger partial charge on any atom is -0.399 e. The van der Waals surface area contributed by atoms with E-state index in [4.69, 9.17) is 16.4 Å².